The van der Waals surface area contributed by atoms with Gasteiger partial charge in [0.2, 0.25) is 5.13 Å². The minimum atomic E-state index is -0.480. The predicted molar refractivity (Wildman–Crippen MR) is 99.4 cm³/mol. The molecule has 7 nitrogen and oxygen atoms in total. The summed E-state index contributed by atoms with van der Waals surface area (Å²) in [5, 5.41) is 17.5. The van der Waals surface area contributed by atoms with E-state index in [0.29, 0.717) is 34.1 Å². The van der Waals surface area contributed by atoms with E-state index in [1.807, 2.05) is 12.1 Å². The summed E-state index contributed by atoms with van der Waals surface area (Å²) < 4.78 is 5.34. The van der Waals surface area contributed by atoms with Crippen LogP contribution >= 0.6 is 11.3 Å². The van der Waals surface area contributed by atoms with Crippen molar-refractivity contribution in [2.24, 2.45) is 11.0 Å². The number of hydrogen-bond acceptors (Lipinski definition) is 7. The molecule has 26 heavy (non-hydrogen) atoms. The molecule has 3 heterocycles. The number of amides is 1. The number of carbonyl (C=O) groups excluding carboxylic acids is 1. The van der Waals surface area contributed by atoms with Gasteiger partial charge in [0, 0.05) is 23.1 Å². The lowest BCUT2D eigenvalue weighted by Gasteiger charge is -2.10. The first kappa shape index (κ1) is 16.6. The molecule has 1 N–H and O–H groups in total. The van der Waals surface area contributed by atoms with Gasteiger partial charge in [-0.05, 0) is 25.5 Å². The van der Waals surface area contributed by atoms with Gasteiger partial charge in [0.1, 0.15) is 5.58 Å². The fourth-order valence-corrected chi connectivity index (χ4v) is 3.71. The minimum absolute atomic E-state index is 0.0850. The smallest absolute Gasteiger partial charge is 0.345 e. The van der Waals surface area contributed by atoms with Gasteiger partial charge in [-0.2, -0.15) is 10.1 Å². The molecule has 132 valence electrons. The largest absolute Gasteiger partial charge is 0.422 e. The van der Waals surface area contributed by atoms with E-state index in [9.17, 15) is 9.59 Å². The lowest BCUT2D eigenvalue weighted by Crippen LogP contribution is -2.27. The molecule has 4 rings (SSSR count). The van der Waals surface area contributed by atoms with Crippen LogP contribution in [0.5, 0.6) is 0 Å². The Morgan fingerprint density at radius 2 is 2.12 bits per heavy atom. The number of carbonyl (C=O) groups is 1. The number of aromatic nitrogens is 1. The lowest BCUT2D eigenvalue weighted by molar-refractivity contribution is -0.120. The van der Waals surface area contributed by atoms with Crippen LogP contribution in [0.15, 0.2) is 50.0 Å². The third-order valence-electron chi connectivity index (χ3n) is 4.28. The summed E-state index contributed by atoms with van der Waals surface area (Å²) in [6.45, 7) is 1.67. The van der Waals surface area contributed by atoms with E-state index in [2.05, 4.69) is 10.1 Å². The number of hydrazone groups is 1. The average molecular weight is 369 g/mol. The van der Waals surface area contributed by atoms with Gasteiger partial charge in [0.25, 0.3) is 5.91 Å². The van der Waals surface area contributed by atoms with Crippen molar-refractivity contribution < 1.29 is 14.3 Å². The Kier molecular flexibility index (Phi) is 4.14. The van der Waals surface area contributed by atoms with Crippen LogP contribution in [0.2, 0.25) is 0 Å². The number of anilines is 1. The third-order valence-corrected chi connectivity index (χ3v) is 5.09. The number of benzene rings is 1. The first-order chi connectivity index (χ1) is 12.6. The molecule has 0 aliphatic carbocycles. The van der Waals surface area contributed by atoms with Crippen molar-refractivity contribution in [3.05, 3.63) is 46.1 Å². The van der Waals surface area contributed by atoms with Crippen molar-refractivity contribution in [2.75, 3.05) is 11.6 Å². The van der Waals surface area contributed by atoms with Crippen molar-refractivity contribution in [1.82, 2.24) is 4.98 Å². The second-order valence-corrected chi connectivity index (χ2v) is 6.79. The van der Waals surface area contributed by atoms with Gasteiger partial charge in [0.05, 0.1) is 17.2 Å². The number of aliphatic hydroxyl groups is 1. The summed E-state index contributed by atoms with van der Waals surface area (Å²) in [6, 6.07) is 8.98. The number of aliphatic hydroxyl groups excluding tert-OH is 1. The standard InChI is InChI=1S/C18H15N3O4S/c1-10-12(6-7-22)16(23)21(20-10)18-19-14(9-26-18)13-8-11-4-2-3-5-15(11)25-17(13)24/h2-5,8-9,12,22H,6-7H2,1H3. The summed E-state index contributed by atoms with van der Waals surface area (Å²) in [6.07, 6.45) is 0.331. The molecule has 1 aromatic carbocycles. The molecule has 0 spiro atoms. The van der Waals surface area contributed by atoms with Gasteiger partial charge in [-0.15, -0.1) is 11.3 Å². The van der Waals surface area contributed by atoms with Crippen LogP contribution in [-0.4, -0.2) is 28.3 Å². The molecular weight excluding hydrogens is 354 g/mol. The minimum Gasteiger partial charge on any atom is -0.422 e. The van der Waals surface area contributed by atoms with Crippen molar-refractivity contribution in [3.8, 4) is 11.3 Å². The van der Waals surface area contributed by atoms with E-state index in [1.54, 1.807) is 30.5 Å². The first-order valence-corrected chi connectivity index (χ1v) is 8.95. The summed E-state index contributed by atoms with van der Waals surface area (Å²) in [5.74, 6) is -0.652. The molecule has 1 aliphatic heterocycles. The van der Waals surface area contributed by atoms with Crippen LogP contribution in [0.4, 0.5) is 5.13 Å². The summed E-state index contributed by atoms with van der Waals surface area (Å²) in [4.78, 5) is 29.2. The molecule has 0 saturated carbocycles. The number of nitrogens with zero attached hydrogens (tertiary/aromatic N) is 3. The van der Waals surface area contributed by atoms with E-state index < -0.39 is 11.5 Å². The van der Waals surface area contributed by atoms with E-state index in [1.165, 1.54) is 16.3 Å². The highest BCUT2D eigenvalue weighted by molar-refractivity contribution is 7.14. The Morgan fingerprint density at radius 3 is 2.92 bits per heavy atom. The van der Waals surface area contributed by atoms with Crippen molar-refractivity contribution in [3.63, 3.8) is 0 Å². The highest BCUT2D eigenvalue weighted by atomic mass is 32.1. The van der Waals surface area contributed by atoms with E-state index in [0.717, 1.165) is 5.39 Å². The molecule has 0 bridgehead atoms. The summed E-state index contributed by atoms with van der Waals surface area (Å²) in [5.41, 5.74) is 1.46. The molecule has 1 amide bonds. The Labute approximate surface area is 152 Å². The van der Waals surface area contributed by atoms with E-state index in [4.69, 9.17) is 9.52 Å². The van der Waals surface area contributed by atoms with Crippen LogP contribution in [0.1, 0.15) is 13.3 Å². The zero-order valence-corrected chi connectivity index (χ0v) is 14.7. The first-order valence-electron chi connectivity index (χ1n) is 8.07. The zero-order chi connectivity index (χ0) is 18.3. The molecule has 0 saturated heterocycles. The van der Waals surface area contributed by atoms with Crippen LogP contribution in [0, 0.1) is 5.92 Å². The maximum absolute atomic E-state index is 12.5. The highest BCUT2D eigenvalue weighted by Gasteiger charge is 2.35. The molecule has 8 heteroatoms. The number of fused-ring (bicyclic) bond motifs is 1. The maximum Gasteiger partial charge on any atom is 0.345 e. The van der Waals surface area contributed by atoms with Crippen LogP contribution in [-0.2, 0) is 4.79 Å². The van der Waals surface area contributed by atoms with Gasteiger partial charge in [0.15, 0.2) is 0 Å². The number of para-hydroxylation sites is 1. The van der Waals surface area contributed by atoms with Gasteiger partial charge in [-0.25, -0.2) is 9.78 Å². The summed E-state index contributed by atoms with van der Waals surface area (Å²) >= 11 is 1.23. The Morgan fingerprint density at radius 1 is 1.31 bits per heavy atom. The summed E-state index contributed by atoms with van der Waals surface area (Å²) in [7, 11) is 0. The SMILES string of the molecule is CC1=NN(c2nc(-c3cc4ccccc4oc3=O)cs2)C(=O)C1CCO. The van der Waals surface area contributed by atoms with Gasteiger partial charge in [-0.1, -0.05) is 18.2 Å². The van der Waals surface area contributed by atoms with Gasteiger partial charge < -0.3 is 9.52 Å². The Hall–Kier alpha value is -2.84. The maximum atomic E-state index is 12.5. The normalized spacial score (nSPS) is 17.2. The Bertz CT molecular complexity index is 1090. The Balaban J connectivity index is 1.70. The number of rotatable bonds is 4. The van der Waals surface area contributed by atoms with Crippen molar-refractivity contribution >= 4 is 39.1 Å². The van der Waals surface area contributed by atoms with Gasteiger partial charge >= 0.3 is 5.63 Å². The molecule has 1 unspecified atom stereocenters. The quantitative estimate of drug-likeness (QED) is 0.713. The molecular formula is C18H15N3O4S. The highest BCUT2D eigenvalue weighted by Crippen LogP contribution is 2.31. The molecule has 0 fully saturated rings. The number of hydrogen-bond donors (Lipinski definition) is 1. The molecule has 1 aliphatic rings. The third kappa shape index (κ3) is 2.73. The van der Waals surface area contributed by atoms with Gasteiger partial charge in [-0.3, -0.25) is 4.79 Å². The fourth-order valence-electron chi connectivity index (χ4n) is 2.93. The predicted octanol–water partition coefficient (Wildman–Crippen LogP) is 2.64. The zero-order valence-electron chi connectivity index (χ0n) is 13.9. The number of thiazole rings is 1. The van der Waals surface area contributed by atoms with Crippen molar-refractivity contribution in [1.29, 1.82) is 0 Å². The van der Waals surface area contributed by atoms with Crippen LogP contribution < -0.4 is 10.6 Å². The molecule has 0 radical (unpaired) electrons. The monoisotopic (exact) mass is 369 g/mol. The van der Waals surface area contributed by atoms with E-state index in [-0.39, 0.29) is 12.5 Å². The van der Waals surface area contributed by atoms with Crippen LogP contribution in [0.3, 0.4) is 0 Å². The average Bonchev–Trinajstić information content (AvgIpc) is 3.21. The second kappa shape index (κ2) is 6.47. The molecule has 1 atom stereocenters. The fraction of sp³-hybridized carbons (Fsp3) is 0.222. The molecule has 3 aromatic rings. The molecule has 2 aromatic heterocycles. The van der Waals surface area contributed by atoms with Crippen molar-refractivity contribution in [2.45, 2.75) is 13.3 Å². The van der Waals surface area contributed by atoms with E-state index >= 15 is 0 Å². The topological polar surface area (TPSA) is 96.0 Å². The second-order valence-electron chi connectivity index (χ2n) is 5.96. The van der Waals surface area contributed by atoms with Crippen LogP contribution in [0.25, 0.3) is 22.2 Å². The lowest BCUT2D eigenvalue weighted by atomic mass is 10.0.